The number of hydrogen-bond acceptors (Lipinski definition) is 4. The van der Waals surface area contributed by atoms with Crippen LogP contribution in [0.1, 0.15) is 22.3 Å². The zero-order valence-corrected chi connectivity index (χ0v) is 25.3. The van der Waals surface area contributed by atoms with Crippen LogP contribution in [0.3, 0.4) is 0 Å². The van der Waals surface area contributed by atoms with Crippen LogP contribution in [0.2, 0.25) is 0 Å². The summed E-state index contributed by atoms with van der Waals surface area (Å²) in [5.41, 5.74) is 6.34. The van der Waals surface area contributed by atoms with Gasteiger partial charge in [0.2, 0.25) is 0 Å². The lowest BCUT2D eigenvalue weighted by atomic mass is 9.92. The quantitative estimate of drug-likeness (QED) is 0.174. The second-order valence-electron chi connectivity index (χ2n) is 11.6. The maximum absolute atomic E-state index is 6.64. The third-order valence-electron chi connectivity index (χ3n) is 8.47. The first-order chi connectivity index (χ1) is 22.8. The van der Waals surface area contributed by atoms with E-state index in [1.165, 1.54) is 0 Å². The van der Waals surface area contributed by atoms with Crippen molar-refractivity contribution < 1.29 is 18.9 Å². The van der Waals surface area contributed by atoms with Gasteiger partial charge in [0.1, 0.15) is 49.4 Å². The standard InChI is InChI=1S/C42H32O4/c1-3-10-37-33(8-1)16-22-39-41(37)42-38-11-4-2-9-34(38)17-23-40(42)46-26-30-14-20-36(21-15-30)44-28-32-7-5-6-31(24-32)27-43-35-18-12-29(13-19-35)25-45-39/h1-24H,25-28H2. The molecule has 4 nitrogen and oxygen atoms in total. The van der Waals surface area contributed by atoms with Crippen molar-refractivity contribution >= 4 is 21.5 Å². The molecule has 0 saturated carbocycles. The van der Waals surface area contributed by atoms with Gasteiger partial charge >= 0.3 is 0 Å². The molecular formula is C42H32O4. The van der Waals surface area contributed by atoms with E-state index in [9.17, 15) is 0 Å². The number of hydrogen-bond donors (Lipinski definition) is 0. The number of fused-ring (bicyclic) bond motifs is 2. The lowest BCUT2D eigenvalue weighted by molar-refractivity contribution is 0.298. The zero-order valence-electron chi connectivity index (χ0n) is 25.3. The summed E-state index contributed by atoms with van der Waals surface area (Å²) in [6, 6.07) is 49.9. The fourth-order valence-corrected chi connectivity index (χ4v) is 6.09. The van der Waals surface area contributed by atoms with Gasteiger partial charge in [0, 0.05) is 11.1 Å². The first kappa shape index (κ1) is 27.8. The van der Waals surface area contributed by atoms with Gasteiger partial charge in [-0.25, -0.2) is 0 Å². The molecule has 7 aromatic carbocycles. The molecule has 6 bridgehead atoms. The zero-order chi connectivity index (χ0) is 30.7. The predicted octanol–water partition coefficient (Wildman–Crippen LogP) is 10.3. The maximum atomic E-state index is 6.64. The van der Waals surface area contributed by atoms with Gasteiger partial charge in [0.25, 0.3) is 0 Å². The van der Waals surface area contributed by atoms with E-state index in [0.29, 0.717) is 26.4 Å². The highest BCUT2D eigenvalue weighted by Gasteiger charge is 2.19. The van der Waals surface area contributed by atoms with Crippen LogP contribution in [0, 0.1) is 0 Å². The molecule has 224 valence electrons. The van der Waals surface area contributed by atoms with Crippen LogP contribution in [-0.4, -0.2) is 0 Å². The van der Waals surface area contributed by atoms with Crippen LogP contribution >= 0.6 is 0 Å². The van der Waals surface area contributed by atoms with E-state index < -0.39 is 0 Å². The Bertz CT molecular complexity index is 2000. The van der Waals surface area contributed by atoms with Crippen LogP contribution in [0.5, 0.6) is 23.0 Å². The van der Waals surface area contributed by atoms with E-state index in [4.69, 9.17) is 18.9 Å². The summed E-state index contributed by atoms with van der Waals surface area (Å²) in [5.74, 6) is 3.24. The Balaban J connectivity index is 1.24. The Labute approximate surface area is 268 Å². The molecule has 0 amide bonds. The summed E-state index contributed by atoms with van der Waals surface area (Å²) in [7, 11) is 0. The molecule has 0 spiro atoms. The van der Waals surface area contributed by atoms with Crippen LogP contribution in [-0.2, 0) is 26.4 Å². The van der Waals surface area contributed by atoms with E-state index in [0.717, 1.165) is 77.9 Å². The highest BCUT2D eigenvalue weighted by atomic mass is 16.5. The van der Waals surface area contributed by atoms with Crippen molar-refractivity contribution in [3.8, 4) is 34.1 Å². The first-order valence-electron chi connectivity index (χ1n) is 15.6. The van der Waals surface area contributed by atoms with Gasteiger partial charge in [0.15, 0.2) is 0 Å². The van der Waals surface area contributed by atoms with Crippen molar-refractivity contribution in [3.05, 3.63) is 168 Å². The maximum Gasteiger partial charge on any atom is 0.128 e. The van der Waals surface area contributed by atoms with Gasteiger partial charge in [-0.2, -0.15) is 0 Å². The van der Waals surface area contributed by atoms with Gasteiger partial charge in [-0.3, -0.25) is 0 Å². The van der Waals surface area contributed by atoms with Crippen molar-refractivity contribution in [3.63, 3.8) is 0 Å². The Morgan fingerprint density at radius 3 is 1.24 bits per heavy atom. The summed E-state index contributed by atoms with van der Waals surface area (Å²) in [5, 5.41) is 4.51. The summed E-state index contributed by atoms with van der Waals surface area (Å²) < 4.78 is 25.6. The first-order valence-corrected chi connectivity index (χ1v) is 15.6. The molecule has 0 radical (unpaired) electrons. The summed E-state index contributed by atoms with van der Waals surface area (Å²) in [4.78, 5) is 0. The molecular weight excluding hydrogens is 568 g/mol. The van der Waals surface area contributed by atoms with Gasteiger partial charge in [-0.15, -0.1) is 0 Å². The van der Waals surface area contributed by atoms with E-state index in [-0.39, 0.29) is 0 Å². The van der Waals surface area contributed by atoms with E-state index in [1.54, 1.807) is 0 Å². The molecule has 4 aliphatic rings. The van der Waals surface area contributed by atoms with Crippen molar-refractivity contribution in [2.24, 2.45) is 0 Å². The number of ether oxygens (including phenoxy) is 4. The van der Waals surface area contributed by atoms with Crippen molar-refractivity contribution in [1.29, 1.82) is 0 Å². The Morgan fingerprint density at radius 1 is 0.326 bits per heavy atom. The van der Waals surface area contributed by atoms with Crippen molar-refractivity contribution in [2.45, 2.75) is 26.4 Å². The van der Waals surface area contributed by atoms with E-state index in [1.807, 2.05) is 30.3 Å². The molecule has 11 rings (SSSR count). The minimum absolute atomic E-state index is 0.418. The van der Waals surface area contributed by atoms with Gasteiger partial charge in [-0.1, -0.05) is 103 Å². The Morgan fingerprint density at radius 2 is 0.761 bits per heavy atom. The second kappa shape index (κ2) is 12.3. The largest absolute Gasteiger partial charge is 0.489 e. The van der Waals surface area contributed by atoms with Crippen LogP contribution in [0.15, 0.2) is 146 Å². The predicted molar refractivity (Wildman–Crippen MR) is 184 cm³/mol. The summed E-state index contributed by atoms with van der Waals surface area (Å²) >= 11 is 0. The molecule has 0 N–H and O–H groups in total. The monoisotopic (exact) mass is 600 g/mol. The number of benzene rings is 7. The Hall–Kier alpha value is -5.74. The fourth-order valence-electron chi connectivity index (χ4n) is 6.09. The smallest absolute Gasteiger partial charge is 0.128 e. The second-order valence-corrected chi connectivity index (χ2v) is 11.6. The average molecular weight is 601 g/mol. The normalized spacial score (nSPS) is 13.1. The molecule has 0 atom stereocenters. The number of rotatable bonds is 0. The lowest BCUT2D eigenvalue weighted by Gasteiger charge is -2.20. The van der Waals surface area contributed by atoms with Crippen LogP contribution < -0.4 is 18.9 Å². The summed E-state index contributed by atoms with van der Waals surface area (Å²) in [6.07, 6.45) is 0. The van der Waals surface area contributed by atoms with Crippen molar-refractivity contribution in [2.75, 3.05) is 0 Å². The van der Waals surface area contributed by atoms with E-state index in [2.05, 4.69) is 115 Å². The lowest BCUT2D eigenvalue weighted by Crippen LogP contribution is -2.01. The van der Waals surface area contributed by atoms with E-state index >= 15 is 0 Å². The van der Waals surface area contributed by atoms with Gasteiger partial charge < -0.3 is 18.9 Å². The van der Waals surface area contributed by atoms with Crippen LogP contribution in [0.25, 0.3) is 32.7 Å². The minimum atomic E-state index is 0.418. The fraction of sp³-hybridized carbons (Fsp3) is 0.0952. The molecule has 0 fully saturated rings. The molecule has 4 aliphatic heterocycles. The van der Waals surface area contributed by atoms with Gasteiger partial charge in [-0.05, 0) is 86.3 Å². The highest BCUT2D eigenvalue weighted by molar-refractivity contribution is 6.09. The highest BCUT2D eigenvalue weighted by Crippen LogP contribution is 2.46. The third kappa shape index (κ3) is 5.73. The molecule has 4 heteroatoms. The molecule has 0 aromatic heterocycles. The topological polar surface area (TPSA) is 36.9 Å². The van der Waals surface area contributed by atoms with Gasteiger partial charge in [0.05, 0.1) is 0 Å². The summed E-state index contributed by atoms with van der Waals surface area (Å²) in [6.45, 7) is 1.79. The molecule has 0 aliphatic carbocycles. The molecule has 7 aromatic rings. The van der Waals surface area contributed by atoms with Crippen LogP contribution in [0.4, 0.5) is 0 Å². The minimum Gasteiger partial charge on any atom is -0.489 e. The third-order valence-corrected chi connectivity index (χ3v) is 8.47. The molecule has 4 heterocycles. The molecule has 46 heavy (non-hydrogen) atoms. The average Bonchev–Trinajstić information content (AvgIpc) is 3.12. The SMILES string of the molecule is c1cc2cc(c1)COc1ccc(cc1)COc1ccc3ccccc3c1-c1c(ccc3ccccc13)OCc1ccc(cc1)OC2. The molecule has 0 saturated heterocycles. The van der Waals surface area contributed by atoms with Crippen molar-refractivity contribution in [1.82, 2.24) is 0 Å². The molecule has 0 unspecified atom stereocenters. The Kier molecular flexibility index (Phi) is 7.45.